The molecule has 0 spiro atoms. The molecule has 1 fully saturated rings. The molecule has 7 nitrogen and oxygen atoms in total. The van der Waals surface area contributed by atoms with Crippen LogP contribution in [0.1, 0.15) is 21.8 Å². The Morgan fingerprint density at radius 2 is 2.12 bits per heavy atom. The maximum atomic E-state index is 12.9. The second kappa shape index (κ2) is 9.79. The molecule has 9 heteroatoms. The maximum Gasteiger partial charge on any atom is 0.253 e. The van der Waals surface area contributed by atoms with Gasteiger partial charge in [0.05, 0.1) is 17.1 Å². The van der Waals surface area contributed by atoms with Crippen LogP contribution in [0, 0.1) is 5.92 Å². The number of carbonyl (C=O) groups excluding carboxylic acids is 3. The van der Waals surface area contributed by atoms with Gasteiger partial charge in [0, 0.05) is 71.5 Å². The highest BCUT2D eigenvalue weighted by Crippen LogP contribution is 2.26. The van der Waals surface area contributed by atoms with E-state index in [1.807, 2.05) is 28.1 Å². The number of halogens is 1. The largest absolute Gasteiger partial charge is 0.352 e. The Bertz CT molecular complexity index is 1170. The van der Waals surface area contributed by atoms with E-state index in [0.717, 1.165) is 20.4 Å². The molecular weight excluding hydrogens is 492 g/mol. The van der Waals surface area contributed by atoms with Gasteiger partial charge in [0.1, 0.15) is 0 Å². The molecule has 0 aliphatic carbocycles. The van der Waals surface area contributed by atoms with Crippen LogP contribution in [0.5, 0.6) is 0 Å². The van der Waals surface area contributed by atoms with Crippen molar-refractivity contribution in [1.29, 1.82) is 0 Å². The normalized spacial score (nSPS) is 13.7. The smallest absolute Gasteiger partial charge is 0.253 e. The lowest BCUT2D eigenvalue weighted by atomic mass is 9.94. The molecule has 1 N–H and O–H groups in total. The fourth-order valence-electron chi connectivity index (χ4n) is 3.92. The first-order chi connectivity index (χ1) is 15.4. The number of hydrogen-bond donors (Lipinski definition) is 1. The number of likely N-dealkylation sites (tertiary alicyclic amines) is 1. The highest BCUT2D eigenvalue weighted by atomic mass is 79.9. The van der Waals surface area contributed by atoms with Crippen LogP contribution in [0.25, 0.3) is 10.9 Å². The number of nitrogens with zero attached hydrogens (tertiary/aromatic N) is 3. The predicted octanol–water partition coefficient (Wildman–Crippen LogP) is 3.44. The molecule has 0 saturated carbocycles. The maximum absolute atomic E-state index is 12.9. The van der Waals surface area contributed by atoms with Gasteiger partial charge in [-0.2, -0.15) is 0 Å². The average molecular weight is 515 g/mol. The summed E-state index contributed by atoms with van der Waals surface area (Å²) in [6, 6.07) is 5.71. The van der Waals surface area contributed by atoms with Crippen LogP contribution in [0.15, 0.2) is 53.1 Å². The van der Waals surface area contributed by atoms with E-state index in [1.165, 1.54) is 6.08 Å². The highest BCUT2D eigenvalue weighted by Gasteiger charge is 2.30. The zero-order valence-corrected chi connectivity index (χ0v) is 19.8. The quantitative estimate of drug-likeness (QED) is 0.443. The summed E-state index contributed by atoms with van der Waals surface area (Å²) in [5, 5.41) is 6.64. The first-order valence-corrected chi connectivity index (χ1v) is 12.0. The van der Waals surface area contributed by atoms with Crippen LogP contribution >= 0.6 is 27.3 Å². The monoisotopic (exact) mass is 514 g/mol. The van der Waals surface area contributed by atoms with Gasteiger partial charge in [-0.05, 0) is 24.3 Å². The number of carbonyl (C=O) groups is 3. The van der Waals surface area contributed by atoms with Crippen LogP contribution in [0.3, 0.4) is 0 Å². The van der Waals surface area contributed by atoms with Gasteiger partial charge in [0.15, 0.2) is 5.78 Å². The Labute approximate surface area is 198 Å². The fraction of sp³-hybridized carbons (Fsp3) is 0.304. The van der Waals surface area contributed by atoms with E-state index in [-0.39, 0.29) is 30.1 Å². The van der Waals surface area contributed by atoms with Crippen LogP contribution < -0.4 is 5.32 Å². The third kappa shape index (κ3) is 4.99. The lowest BCUT2D eigenvalue weighted by Gasteiger charge is -2.38. The number of Topliss-reactive ketones (excluding diaryl/α,β-unsaturated/α-hetero) is 1. The zero-order valence-electron chi connectivity index (χ0n) is 17.4. The summed E-state index contributed by atoms with van der Waals surface area (Å²) in [5.74, 6) is -0.0122. The molecule has 3 heterocycles. The summed E-state index contributed by atoms with van der Waals surface area (Å²) in [5.41, 5.74) is 1.38. The van der Waals surface area contributed by atoms with Crippen molar-refractivity contribution in [2.45, 2.75) is 19.4 Å². The van der Waals surface area contributed by atoms with Gasteiger partial charge < -0.3 is 14.8 Å². The molecule has 0 atom stereocenters. The van der Waals surface area contributed by atoms with Gasteiger partial charge in [-0.1, -0.05) is 22.5 Å². The van der Waals surface area contributed by atoms with Crippen molar-refractivity contribution >= 4 is 55.8 Å². The molecule has 3 aromatic rings. The van der Waals surface area contributed by atoms with Gasteiger partial charge in [0.25, 0.3) is 5.91 Å². The number of benzene rings is 1. The third-order valence-electron chi connectivity index (χ3n) is 5.50. The molecule has 0 bridgehead atoms. The van der Waals surface area contributed by atoms with E-state index in [2.05, 4.69) is 32.8 Å². The van der Waals surface area contributed by atoms with Gasteiger partial charge in [-0.15, -0.1) is 11.3 Å². The molecule has 166 valence electrons. The van der Waals surface area contributed by atoms with Gasteiger partial charge in [-0.3, -0.25) is 14.4 Å². The van der Waals surface area contributed by atoms with Crippen molar-refractivity contribution in [3.05, 3.63) is 63.7 Å². The Morgan fingerprint density at radius 1 is 1.31 bits per heavy atom. The summed E-state index contributed by atoms with van der Waals surface area (Å²) < 4.78 is 2.71. The first-order valence-electron chi connectivity index (χ1n) is 10.3. The zero-order chi connectivity index (χ0) is 22.7. The Morgan fingerprint density at radius 3 is 2.84 bits per heavy atom. The standard InChI is InChI=1S/C23H23BrN4O3S/c1-2-22(30)28-11-15(12-28)9-17(29)13-27-14-19(18-10-16(24)3-4-20(18)27)23(31)26-6-5-21-25-7-8-32-21/h2-4,7-8,10,14-15H,1,5-6,9,11-13H2,(H,26,31). The van der Waals surface area contributed by atoms with Gasteiger partial charge in [0.2, 0.25) is 5.91 Å². The molecule has 2 amide bonds. The molecule has 32 heavy (non-hydrogen) atoms. The van der Waals surface area contributed by atoms with E-state index >= 15 is 0 Å². The molecule has 1 aromatic carbocycles. The van der Waals surface area contributed by atoms with Crippen LogP contribution in [0.2, 0.25) is 0 Å². The topological polar surface area (TPSA) is 84.3 Å². The lowest BCUT2D eigenvalue weighted by Crippen LogP contribution is -2.50. The summed E-state index contributed by atoms with van der Waals surface area (Å²) in [6.45, 7) is 5.34. The second-order valence-corrected chi connectivity index (χ2v) is 9.71. The Kier molecular flexibility index (Phi) is 6.86. The number of fused-ring (bicyclic) bond motifs is 1. The number of thiazole rings is 1. The molecule has 1 aliphatic heterocycles. The van der Waals surface area contributed by atoms with E-state index in [0.29, 0.717) is 38.0 Å². The minimum absolute atomic E-state index is 0.0799. The predicted molar refractivity (Wildman–Crippen MR) is 128 cm³/mol. The SMILES string of the molecule is C=CC(=O)N1CC(CC(=O)Cn2cc(C(=O)NCCc3nccs3)c3cc(Br)ccc32)C1. The van der Waals surface area contributed by atoms with Crippen molar-refractivity contribution in [3.8, 4) is 0 Å². The Balaban J connectivity index is 1.43. The van der Waals surface area contributed by atoms with Crippen molar-refractivity contribution in [1.82, 2.24) is 19.8 Å². The third-order valence-corrected chi connectivity index (χ3v) is 6.83. The molecule has 2 aromatic heterocycles. The van der Waals surface area contributed by atoms with Crippen LogP contribution in [0.4, 0.5) is 0 Å². The van der Waals surface area contributed by atoms with Crippen LogP contribution in [-0.4, -0.2) is 51.7 Å². The minimum atomic E-state index is -0.173. The number of aromatic nitrogens is 2. The number of hydrogen-bond acceptors (Lipinski definition) is 5. The Hall–Kier alpha value is -2.78. The van der Waals surface area contributed by atoms with Crippen molar-refractivity contribution in [2.75, 3.05) is 19.6 Å². The van der Waals surface area contributed by atoms with E-state index < -0.39 is 0 Å². The van der Waals surface area contributed by atoms with E-state index in [1.54, 1.807) is 28.6 Å². The number of ketones is 1. The molecular formula is C23H23BrN4O3S. The van der Waals surface area contributed by atoms with E-state index in [4.69, 9.17) is 0 Å². The molecule has 0 unspecified atom stereocenters. The molecule has 1 saturated heterocycles. The first kappa shape index (κ1) is 22.4. The summed E-state index contributed by atoms with van der Waals surface area (Å²) in [6.07, 6.45) is 5.89. The summed E-state index contributed by atoms with van der Waals surface area (Å²) >= 11 is 5.04. The average Bonchev–Trinajstić information content (AvgIpc) is 3.38. The van der Waals surface area contributed by atoms with Crippen LogP contribution in [-0.2, 0) is 22.6 Å². The lowest BCUT2D eigenvalue weighted by molar-refractivity contribution is -0.134. The fourth-order valence-corrected chi connectivity index (χ4v) is 4.90. The molecule has 4 rings (SSSR count). The number of nitrogens with one attached hydrogen (secondary N) is 1. The van der Waals surface area contributed by atoms with Gasteiger partial charge >= 0.3 is 0 Å². The van der Waals surface area contributed by atoms with Gasteiger partial charge in [-0.25, -0.2) is 4.98 Å². The number of amides is 2. The number of rotatable bonds is 9. The van der Waals surface area contributed by atoms with E-state index in [9.17, 15) is 14.4 Å². The van der Waals surface area contributed by atoms with Crippen molar-refractivity contribution in [3.63, 3.8) is 0 Å². The molecule has 1 aliphatic rings. The molecule has 0 radical (unpaired) electrons. The summed E-state index contributed by atoms with van der Waals surface area (Å²) in [4.78, 5) is 43.1. The summed E-state index contributed by atoms with van der Waals surface area (Å²) in [7, 11) is 0. The minimum Gasteiger partial charge on any atom is -0.352 e. The van der Waals surface area contributed by atoms with Crippen molar-refractivity contribution < 1.29 is 14.4 Å². The second-order valence-electron chi connectivity index (χ2n) is 7.82. The highest BCUT2D eigenvalue weighted by molar-refractivity contribution is 9.10. The van der Waals surface area contributed by atoms with Crippen molar-refractivity contribution in [2.24, 2.45) is 5.92 Å².